The summed E-state index contributed by atoms with van der Waals surface area (Å²) < 4.78 is 5.19. The summed E-state index contributed by atoms with van der Waals surface area (Å²) in [6.07, 6.45) is 3.20. The van der Waals surface area contributed by atoms with E-state index in [1.807, 2.05) is 24.3 Å². The first-order chi connectivity index (χ1) is 9.73. The first kappa shape index (κ1) is 14.5. The average molecular weight is 275 g/mol. The molecule has 5 heteroatoms. The third-order valence-electron chi connectivity index (χ3n) is 3.97. The number of rotatable bonds is 7. The lowest BCUT2D eigenvalue weighted by Crippen LogP contribution is -2.32. The molecule has 0 unspecified atom stereocenters. The summed E-state index contributed by atoms with van der Waals surface area (Å²) in [5.74, 6) is 0.507. The first-order valence-electron chi connectivity index (χ1n) is 6.94. The predicted octanol–water partition coefficient (Wildman–Crippen LogP) is 2.95. The molecular formula is C15H21N3O2. The number of hydrogen-bond donors (Lipinski definition) is 2. The number of anilines is 1. The molecule has 0 aliphatic rings. The van der Waals surface area contributed by atoms with E-state index in [2.05, 4.69) is 29.4 Å². The molecule has 20 heavy (non-hydrogen) atoms. The van der Waals surface area contributed by atoms with E-state index in [0.29, 0.717) is 5.89 Å². The summed E-state index contributed by atoms with van der Waals surface area (Å²) in [4.78, 5) is 0. The maximum absolute atomic E-state index is 9.59. The number of aliphatic hydroxyl groups is 1. The summed E-state index contributed by atoms with van der Waals surface area (Å²) in [6, 6.07) is 7.84. The molecule has 0 bridgehead atoms. The van der Waals surface area contributed by atoms with Crippen LogP contribution in [-0.2, 0) is 0 Å². The number of hydrogen-bond acceptors (Lipinski definition) is 5. The van der Waals surface area contributed by atoms with Gasteiger partial charge in [-0.25, -0.2) is 0 Å². The van der Waals surface area contributed by atoms with Crippen LogP contribution in [0.15, 0.2) is 35.1 Å². The van der Waals surface area contributed by atoms with E-state index in [1.54, 1.807) is 0 Å². The molecule has 0 spiro atoms. The van der Waals surface area contributed by atoms with Crippen LogP contribution in [0.1, 0.15) is 26.7 Å². The standard InChI is InChI=1S/C15H21N3O2/c1-3-15(4-2,10-19)9-16-13-7-5-6-12(8-13)14-18-17-11-20-14/h5-8,11,16,19H,3-4,9-10H2,1-2H3. The normalized spacial score (nSPS) is 11.6. The topological polar surface area (TPSA) is 71.2 Å². The van der Waals surface area contributed by atoms with Crippen molar-refractivity contribution in [3.63, 3.8) is 0 Å². The minimum atomic E-state index is -0.0690. The third kappa shape index (κ3) is 3.17. The van der Waals surface area contributed by atoms with Crippen LogP contribution in [-0.4, -0.2) is 28.5 Å². The minimum Gasteiger partial charge on any atom is -0.423 e. The molecule has 0 saturated carbocycles. The van der Waals surface area contributed by atoms with Crippen molar-refractivity contribution in [1.29, 1.82) is 0 Å². The predicted molar refractivity (Wildman–Crippen MR) is 78.3 cm³/mol. The van der Waals surface area contributed by atoms with Crippen molar-refractivity contribution in [2.75, 3.05) is 18.5 Å². The number of aliphatic hydroxyl groups excluding tert-OH is 1. The van der Waals surface area contributed by atoms with Gasteiger partial charge in [-0.3, -0.25) is 0 Å². The van der Waals surface area contributed by atoms with Gasteiger partial charge in [-0.15, -0.1) is 10.2 Å². The number of nitrogens with zero attached hydrogens (tertiary/aromatic N) is 2. The molecule has 2 aromatic rings. The van der Waals surface area contributed by atoms with Gasteiger partial charge in [-0.1, -0.05) is 19.9 Å². The summed E-state index contributed by atoms with van der Waals surface area (Å²) in [5, 5.41) is 20.6. The molecule has 0 amide bonds. The molecule has 108 valence electrons. The van der Waals surface area contributed by atoms with Gasteiger partial charge in [0.15, 0.2) is 0 Å². The molecule has 1 heterocycles. The summed E-state index contributed by atoms with van der Waals surface area (Å²) in [7, 11) is 0. The van der Waals surface area contributed by atoms with Crippen molar-refractivity contribution in [3.8, 4) is 11.5 Å². The van der Waals surface area contributed by atoms with E-state index in [1.165, 1.54) is 6.39 Å². The van der Waals surface area contributed by atoms with Crippen LogP contribution in [0.2, 0.25) is 0 Å². The number of benzene rings is 1. The van der Waals surface area contributed by atoms with Crippen LogP contribution in [0.4, 0.5) is 5.69 Å². The van der Waals surface area contributed by atoms with Crippen molar-refractivity contribution in [1.82, 2.24) is 10.2 Å². The monoisotopic (exact) mass is 275 g/mol. The highest BCUT2D eigenvalue weighted by molar-refractivity contribution is 5.60. The van der Waals surface area contributed by atoms with E-state index in [4.69, 9.17) is 4.42 Å². The highest BCUT2D eigenvalue weighted by Crippen LogP contribution is 2.27. The van der Waals surface area contributed by atoms with Gasteiger partial charge < -0.3 is 14.8 Å². The fourth-order valence-corrected chi connectivity index (χ4v) is 2.13. The van der Waals surface area contributed by atoms with E-state index in [-0.39, 0.29) is 12.0 Å². The van der Waals surface area contributed by atoms with Crippen LogP contribution >= 0.6 is 0 Å². The van der Waals surface area contributed by atoms with Gasteiger partial charge in [0, 0.05) is 23.2 Å². The zero-order valence-electron chi connectivity index (χ0n) is 12.0. The summed E-state index contributed by atoms with van der Waals surface area (Å²) in [5.41, 5.74) is 1.80. The Labute approximate surface area is 119 Å². The van der Waals surface area contributed by atoms with Gasteiger partial charge in [-0.05, 0) is 31.0 Å². The molecule has 2 rings (SSSR count). The second-order valence-electron chi connectivity index (χ2n) is 5.04. The molecule has 0 aliphatic carbocycles. The maximum Gasteiger partial charge on any atom is 0.247 e. The third-order valence-corrected chi connectivity index (χ3v) is 3.97. The van der Waals surface area contributed by atoms with Crippen molar-refractivity contribution < 1.29 is 9.52 Å². The number of aromatic nitrogens is 2. The Hall–Kier alpha value is -1.88. The Morgan fingerprint density at radius 2 is 2.10 bits per heavy atom. The molecule has 1 aromatic carbocycles. The second-order valence-corrected chi connectivity index (χ2v) is 5.04. The van der Waals surface area contributed by atoms with Crippen molar-refractivity contribution >= 4 is 5.69 Å². The van der Waals surface area contributed by atoms with Gasteiger partial charge >= 0.3 is 0 Å². The number of nitrogens with one attached hydrogen (secondary N) is 1. The van der Waals surface area contributed by atoms with Crippen molar-refractivity contribution in [3.05, 3.63) is 30.7 Å². The molecule has 2 N–H and O–H groups in total. The van der Waals surface area contributed by atoms with Gasteiger partial charge in [-0.2, -0.15) is 0 Å². The highest BCUT2D eigenvalue weighted by atomic mass is 16.4. The molecule has 0 atom stereocenters. The molecule has 5 nitrogen and oxygen atoms in total. The Morgan fingerprint density at radius 1 is 1.30 bits per heavy atom. The van der Waals surface area contributed by atoms with Crippen LogP contribution in [0.5, 0.6) is 0 Å². The molecule has 0 radical (unpaired) electrons. The van der Waals surface area contributed by atoms with Crippen LogP contribution < -0.4 is 5.32 Å². The van der Waals surface area contributed by atoms with Crippen LogP contribution in [0.25, 0.3) is 11.5 Å². The first-order valence-corrected chi connectivity index (χ1v) is 6.94. The SMILES string of the molecule is CCC(CC)(CO)CNc1cccc(-c2nnco2)c1. The van der Waals surface area contributed by atoms with E-state index in [9.17, 15) is 5.11 Å². The zero-order chi connectivity index (χ0) is 14.4. The Bertz CT molecular complexity index is 513. The van der Waals surface area contributed by atoms with Crippen molar-refractivity contribution in [2.24, 2.45) is 5.41 Å². The van der Waals surface area contributed by atoms with Gasteiger partial charge in [0.2, 0.25) is 12.3 Å². The van der Waals surface area contributed by atoms with E-state index in [0.717, 1.165) is 30.6 Å². The molecule has 0 saturated heterocycles. The summed E-state index contributed by atoms with van der Waals surface area (Å²) in [6.45, 7) is 5.15. The second kappa shape index (κ2) is 6.52. The molecular weight excluding hydrogens is 254 g/mol. The lowest BCUT2D eigenvalue weighted by molar-refractivity contribution is 0.127. The lowest BCUT2D eigenvalue weighted by atomic mass is 9.83. The highest BCUT2D eigenvalue weighted by Gasteiger charge is 2.24. The average Bonchev–Trinajstić information content (AvgIpc) is 3.04. The largest absolute Gasteiger partial charge is 0.423 e. The minimum absolute atomic E-state index is 0.0690. The van der Waals surface area contributed by atoms with Crippen LogP contribution in [0, 0.1) is 5.41 Å². The fraction of sp³-hybridized carbons (Fsp3) is 0.467. The molecule has 0 fully saturated rings. The van der Waals surface area contributed by atoms with Crippen LogP contribution in [0.3, 0.4) is 0 Å². The molecule has 1 aromatic heterocycles. The smallest absolute Gasteiger partial charge is 0.247 e. The Morgan fingerprint density at radius 3 is 2.70 bits per heavy atom. The van der Waals surface area contributed by atoms with E-state index < -0.39 is 0 Å². The van der Waals surface area contributed by atoms with Gasteiger partial charge in [0.1, 0.15) is 0 Å². The quantitative estimate of drug-likeness (QED) is 0.813. The Kier molecular flexibility index (Phi) is 4.74. The maximum atomic E-state index is 9.59. The van der Waals surface area contributed by atoms with Gasteiger partial charge in [0.25, 0.3) is 0 Å². The van der Waals surface area contributed by atoms with E-state index >= 15 is 0 Å². The zero-order valence-corrected chi connectivity index (χ0v) is 12.0. The fourth-order valence-electron chi connectivity index (χ4n) is 2.13. The molecule has 0 aliphatic heterocycles. The van der Waals surface area contributed by atoms with Crippen molar-refractivity contribution in [2.45, 2.75) is 26.7 Å². The summed E-state index contributed by atoms with van der Waals surface area (Å²) >= 11 is 0. The lowest BCUT2D eigenvalue weighted by Gasteiger charge is -2.30. The van der Waals surface area contributed by atoms with Gasteiger partial charge in [0.05, 0.1) is 6.61 Å². The Balaban J connectivity index is 2.09.